The molecule has 0 spiro atoms. The number of rotatable bonds is 13. The number of fused-ring (bicyclic) bond motifs is 1. The van der Waals surface area contributed by atoms with Crippen molar-refractivity contribution in [1.29, 1.82) is 0 Å². The molecule has 0 bridgehead atoms. The van der Waals surface area contributed by atoms with Crippen molar-refractivity contribution in [3.8, 4) is 0 Å². The summed E-state index contributed by atoms with van der Waals surface area (Å²) in [5.41, 5.74) is 13.3. The minimum absolute atomic E-state index is 0.115. The SMILES string of the molecule is CCOP(O)(=S)OC[C@H]1O[C@@H](n2cnc3c(N)ncnc32)C[C@@H]1OP(=O)(S)OCC1CC(c2ccnc(C(N)=O)c2)C1. The first-order valence-electron chi connectivity index (χ1n) is 13.1. The predicted molar refractivity (Wildman–Crippen MR) is 158 cm³/mol. The molecule has 19 heteroatoms. The maximum Gasteiger partial charge on any atom is 0.386 e. The first-order valence-corrected chi connectivity index (χ1v) is 18.3. The van der Waals surface area contributed by atoms with Crippen LogP contribution in [-0.4, -0.2) is 67.3 Å². The molecule has 3 aromatic rings. The van der Waals surface area contributed by atoms with Crippen LogP contribution in [0.2, 0.25) is 0 Å². The molecule has 1 saturated heterocycles. The second-order valence-corrected chi connectivity index (χ2v) is 15.6. The first-order chi connectivity index (χ1) is 19.9. The lowest BCUT2D eigenvalue weighted by Crippen LogP contribution is -2.29. The molecule has 42 heavy (non-hydrogen) atoms. The summed E-state index contributed by atoms with van der Waals surface area (Å²) in [5, 5.41) is 0. The largest absolute Gasteiger partial charge is 0.386 e. The van der Waals surface area contributed by atoms with Gasteiger partial charge >= 0.3 is 13.5 Å². The van der Waals surface area contributed by atoms with Crippen molar-refractivity contribution in [2.24, 2.45) is 11.7 Å². The lowest BCUT2D eigenvalue weighted by Gasteiger charge is -2.36. The van der Waals surface area contributed by atoms with E-state index in [4.69, 9.17) is 46.1 Å². The summed E-state index contributed by atoms with van der Waals surface area (Å²) < 4.78 is 43.2. The van der Waals surface area contributed by atoms with Crippen LogP contribution >= 0.6 is 25.8 Å². The molecular formula is C23H31N7O8P2S2. The lowest BCUT2D eigenvalue weighted by atomic mass is 9.72. The maximum atomic E-state index is 13.3. The Balaban J connectivity index is 1.22. The molecular weight excluding hydrogens is 628 g/mol. The van der Waals surface area contributed by atoms with Gasteiger partial charge < -0.3 is 34.7 Å². The molecule has 4 heterocycles. The number of amides is 1. The zero-order valence-electron chi connectivity index (χ0n) is 22.5. The Kier molecular flexibility index (Phi) is 9.64. The molecule has 228 valence electrons. The average molecular weight is 660 g/mol. The Labute approximate surface area is 251 Å². The van der Waals surface area contributed by atoms with E-state index in [0.717, 1.165) is 18.4 Å². The second-order valence-electron chi connectivity index (χ2n) is 9.91. The Hall–Kier alpha value is -2.04. The molecule has 0 radical (unpaired) electrons. The van der Waals surface area contributed by atoms with Gasteiger partial charge in [0.25, 0.3) is 5.91 Å². The van der Waals surface area contributed by atoms with Crippen LogP contribution in [0, 0.1) is 5.92 Å². The highest BCUT2D eigenvalue weighted by Gasteiger charge is 2.43. The van der Waals surface area contributed by atoms with Crippen LogP contribution in [0.4, 0.5) is 5.82 Å². The van der Waals surface area contributed by atoms with E-state index in [1.54, 1.807) is 23.8 Å². The molecule has 2 fully saturated rings. The fourth-order valence-electron chi connectivity index (χ4n) is 4.96. The highest BCUT2D eigenvalue weighted by Crippen LogP contribution is 2.58. The van der Waals surface area contributed by atoms with E-state index < -0.39 is 37.9 Å². The van der Waals surface area contributed by atoms with Crippen LogP contribution in [0.3, 0.4) is 0 Å². The van der Waals surface area contributed by atoms with E-state index in [-0.39, 0.29) is 49.6 Å². The van der Waals surface area contributed by atoms with Crippen LogP contribution in [-0.2, 0) is 39.2 Å². The third-order valence-electron chi connectivity index (χ3n) is 7.06. The van der Waals surface area contributed by atoms with Gasteiger partial charge in [0, 0.05) is 12.6 Å². The number of imidazole rings is 1. The zero-order chi connectivity index (χ0) is 30.1. The molecule has 1 amide bonds. The number of anilines is 1. The fourth-order valence-corrected chi connectivity index (χ4v) is 7.78. The van der Waals surface area contributed by atoms with E-state index >= 15 is 0 Å². The topological polar surface area (TPSA) is 209 Å². The Morgan fingerprint density at radius 2 is 2.00 bits per heavy atom. The fraction of sp³-hybridized carbons (Fsp3) is 0.522. The smallest absolute Gasteiger partial charge is 0.382 e. The number of carbonyl (C=O) groups is 1. The van der Waals surface area contributed by atoms with Crippen molar-refractivity contribution in [1.82, 2.24) is 24.5 Å². The Morgan fingerprint density at radius 3 is 2.74 bits per heavy atom. The van der Waals surface area contributed by atoms with Crippen molar-refractivity contribution in [3.05, 3.63) is 42.2 Å². The molecule has 5 rings (SSSR count). The third kappa shape index (κ3) is 7.36. The number of aromatic nitrogens is 5. The minimum Gasteiger partial charge on any atom is -0.382 e. The van der Waals surface area contributed by atoms with Gasteiger partial charge in [-0.15, -0.1) is 0 Å². The summed E-state index contributed by atoms with van der Waals surface area (Å²) in [6.45, 7) is -5.56. The van der Waals surface area contributed by atoms with Crippen molar-refractivity contribution < 1.29 is 37.1 Å². The summed E-state index contributed by atoms with van der Waals surface area (Å²) in [7, 11) is 0. The van der Waals surface area contributed by atoms with Crippen molar-refractivity contribution in [2.45, 2.75) is 50.5 Å². The van der Waals surface area contributed by atoms with Crippen LogP contribution in [0.15, 0.2) is 31.0 Å². The van der Waals surface area contributed by atoms with E-state index in [9.17, 15) is 14.3 Å². The Morgan fingerprint density at radius 1 is 1.21 bits per heavy atom. The van der Waals surface area contributed by atoms with Crippen LogP contribution < -0.4 is 11.5 Å². The van der Waals surface area contributed by atoms with Crippen LogP contribution in [0.25, 0.3) is 11.2 Å². The van der Waals surface area contributed by atoms with Gasteiger partial charge in [0.15, 0.2) is 11.5 Å². The molecule has 1 aliphatic carbocycles. The quantitative estimate of drug-likeness (QED) is 0.154. The van der Waals surface area contributed by atoms with Crippen molar-refractivity contribution >= 4 is 60.5 Å². The standard InChI is InChI=1S/C23H31N7O8P2S2/c1-2-34-39(32,41)36-10-18-17(8-19(37-18)30-12-29-20-21(24)27-11-28-23(20)30)38-40(33,42)35-9-13-5-15(6-13)14-3-4-26-16(7-14)22(25)31/h3-4,7,11-13,15,17-19H,2,5-6,8-10H2,1H3,(H2,25,31)(H,32,41)(H,33,42)(H2,24,27,28)/t13?,15?,17-,18+,19+,39?,40?/m0/s1. The summed E-state index contributed by atoms with van der Waals surface area (Å²) in [4.78, 5) is 38.1. The molecule has 1 saturated carbocycles. The zero-order valence-corrected chi connectivity index (χ0v) is 26.0. The van der Waals surface area contributed by atoms with E-state index in [1.165, 1.54) is 12.7 Å². The summed E-state index contributed by atoms with van der Waals surface area (Å²) >= 11 is 9.24. The number of thiol groups is 1. The second kappa shape index (κ2) is 12.9. The average Bonchev–Trinajstić information content (AvgIpc) is 3.51. The number of nitrogen functional groups attached to an aromatic ring is 1. The highest BCUT2D eigenvalue weighted by molar-refractivity contribution is 8.44. The van der Waals surface area contributed by atoms with Crippen LogP contribution in [0.5, 0.6) is 0 Å². The molecule has 1 aliphatic heterocycles. The predicted octanol–water partition coefficient (Wildman–Crippen LogP) is 3.09. The molecule has 5 N–H and O–H groups in total. The molecule has 5 atom stereocenters. The lowest BCUT2D eigenvalue weighted by molar-refractivity contribution is -0.0384. The van der Waals surface area contributed by atoms with Gasteiger partial charge in [-0.1, -0.05) is 12.2 Å². The number of hydrogen-bond donors (Lipinski definition) is 4. The number of nitrogens with two attached hydrogens (primary N) is 2. The monoisotopic (exact) mass is 659 g/mol. The molecule has 15 nitrogen and oxygen atoms in total. The minimum atomic E-state index is -3.85. The van der Waals surface area contributed by atoms with Gasteiger partial charge in [-0.05, 0) is 61.1 Å². The van der Waals surface area contributed by atoms with Crippen molar-refractivity contribution in [3.63, 3.8) is 0 Å². The summed E-state index contributed by atoms with van der Waals surface area (Å²) in [6, 6.07) is 3.54. The number of pyridine rings is 1. The number of carbonyl (C=O) groups excluding carboxylic acids is 1. The van der Waals surface area contributed by atoms with E-state index in [1.807, 2.05) is 6.07 Å². The van der Waals surface area contributed by atoms with Gasteiger partial charge in [-0.2, -0.15) is 0 Å². The molecule has 0 aromatic carbocycles. The summed E-state index contributed by atoms with van der Waals surface area (Å²) in [6.07, 6.45) is 3.83. The van der Waals surface area contributed by atoms with Gasteiger partial charge in [0.05, 0.1) is 26.1 Å². The van der Waals surface area contributed by atoms with Gasteiger partial charge in [0.2, 0.25) is 0 Å². The molecule has 2 unspecified atom stereocenters. The van der Waals surface area contributed by atoms with Gasteiger partial charge in [-0.25, -0.2) is 19.5 Å². The van der Waals surface area contributed by atoms with Crippen molar-refractivity contribution in [2.75, 3.05) is 25.6 Å². The first kappa shape index (κ1) is 31.4. The van der Waals surface area contributed by atoms with Crippen LogP contribution in [0.1, 0.15) is 54.4 Å². The number of ether oxygens (including phenoxy) is 1. The van der Waals surface area contributed by atoms with E-state index in [2.05, 4.69) is 32.2 Å². The van der Waals surface area contributed by atoms with Gasteiger partial charge in [0.1, 0.15) is 36.0 Å². The number of primary amides is 1. The Bertz CT molecular complexity index is 1540. The number of hydrogen-bond acceptors (Lipinski definition) is 13. The molecule has 3 aromatic heterocycles. The number of nitrogens with zero attached hydrogens (tertiary/aromatic N) is 5. The van der Waals surface area contributed by atoms with Gasteiger partial charge in [-0.3, -0.25) is 18.9 Å². The highest BCUT2D eigenvalue weighted by atomic mass is 32.7. The third-order valence-corrected chi connectivity index (χ3v) is 10.4. The van der Waals surface area contributed by atoms with E-state index in [0.29, 0.717) is 11.2 Å². The maximum absolute atomic E-state index is 13.3. The normalized spacial score (nSPS) is 26.9. The summed E-state index contributed by atoms with van der Waals surface area (Å²) in [5.74, 6) is -0.0450. The molecule has 2 aliphatic rings.